The Hall–Kier alpha value is -2.95. The third-order valence-corrected chi connectivity index (χ3v) is 4.12. The summed E-state index contributed by atoms with van der Waals surface area (Å²) >= 11 is 0. The molecular formula is C19H18N2O3. The van der Waals surface area contributed by atoms with Gasteiger partial charge in [0.1, 0.15) is 0 Å². The van der Waals surface area contributed by atoms with E-state index in [-0.39, 0.29) is 24.3 Å². The summed E-state index contributed by atoms with van der Waals surface area (Å²) in [6.07, 6.45) is 3.56. The molecule has 2 heterocycles. The van der Waals surface area contributed by atoms with Gasteiger partial charge in [0.2, 0.25) is 0 Å². The summed E-state index contributed by atoms with van der Waals surface area (Å²) in [6.45, 7) is 2.00. The first kappa shape index (κ1) is 15.9. The third-order valence-electron chi connectivity index (χ3n) is 4.12. The van der Waals surface area contributed by atoms with E-state index in [4.69, 9.17) is 0 Å². The Balaban J connectivity index is 2.04. The topological polar surface area (TPSA) is 70.5 Å². The second kappa shape index (κ2) is 6.66. The van der Waals surface area contributed by atoms with E-state index in [1.54, 1.807) is 25.4 Å². The highest BCUT2D eigenvalue weighted by Gasteiger charge is 2.42. The SMILES string of the molecule is CCC(=O)C1=C(O)C(=O)N(Cc2cccnc2)C1c1ccccc1. The average Bonchev–Trinajstić information content (AvgIpc) is 2.87. The Bertz CT molecular complexity index is 785. The van der Waals surface area contributed by atoms with Crippen LogP contribution in [0.25, 0.3) is 0 Å². The molecule has 5 nitrogen and oxygen atoms in total. The van der Waals surface area contributed by atoms with Crippen LogP contribution in [0.1, 0.15) is 30.5 Å². The maximum Gasteiger partial charge on any atom is 0.290 e. The zero-order chi connectivity index (χ0) is 17.1. The van der Waals surface area contributed by atoms with Crippen LogP contribution in [0.4, 0.5) is 0 Å². The molecule has 0 bridgehead atoms. The molecule has 0 saturated carbocycles. The highest BCUT2D eigenvalue weighted by atomic mass is 16.3. The number of nitrogens with zero attached hydrogens (tertiary/aromatic N) is 2. The van der Waals surface area contributed by atoms with Gasteiger partial charge in [0.15, 0.2) is 11.5 Å². The average molecular weight is 322 g/mol. The van der Waals surface area contributed by atoms with Crippen LogP contribution in [0, 0.1) is 0 Å². The molecule has 0 fully saturated rings. The van der Waals surface area contributed by atoms with Crippen molar-refractivity contribution < 1.29 is 14.7 Å². The predicted molar refractivity (Wildman–Crippen MR) is 88.9 cm³/mol. The molecule has 1 N–H and O–H groups in total. The number of amides is 1. The van der Waals surface area contributed by atoms with Gasteiger partial charge in [-0.15, -0.1) is 0 Å². The lowest BCUT2D eigenvalue weighted by atomic mass is 9.95. The molecule has 0 saturated heterocycles. The monoisotopic (exact) mass is 322 g/mol. The number of ketones is 1. The maximum atomic E-state index is 12.6. The van der Waals surface area contributed by atoms with Gasteiger partial charge in [0, 0.05) is 25.4 Å². The zero-order valence-electron chi connectivity index (χ0n) is 13.3. The first-order valence-corrected chi connectivity index (χ1v) is 7.84. The molecule has 1 aliphatic heterocycles. The van der Waals surface area contributed by atoms with Crippen molar-refractivity contribution in [3.8, 4) is 0 Å². The number of pyridine rings is 1. The molecule has 122 valence electrons. The van der Waals surface area contributed by atoms with E-state index >= 15 is 0 Å². The van der Waals surface area contributed by atoms with Crippen molar-refractivity contribution >= 4 is 11.7 Å². The zero-order valence-corrected chi connectivity index (χ0v) is 13.3. The fraction of sp³-hybridized carbons (Fsp3) is 0.211. The molecule has 2 aromatic rings. The van der Waals surface area contributed by atoms with Crippen LogP contribution in [-0.2, 0) is 16.1 Å². The minimum absolute atomic E-state index is 0.178. The quantitative estimate of drug-likeness (QED) is 0.919. The predicted octanol–water partition coefficient (Wildman–Crippen LogP) is 2.96. The van der Waals surface area contributed by atoms with E-state index in [1.165, 1.54) is 4.90 Å². The number of carbonyl (C=O) groups is 2. The molecule has 3 rings (SSSR count). The van der Waals surface area contributed by atoms with Gasteiger partial charge in [-0.3, -0.25) is 14.6 Å². The van der Waals surface area contributed by atoms with E-state index in [2.05, 4.69) is 4.98 Å². The number of aliphatic hydroxyl groups is 1. The third kappa shape index (κ3) is 2.80. The van der Waals surface area contributed by atoms with Crippen LogP contribution >= 0.6 is 0 Å². The Morgan fingerprint density at radius 1 is 1.21 bits per heavy atom. The van der Waals surface area contributed by atoms with Crippen molar-refractivity contribution in [1.82, 2.24) is 9.88 Å². The molecule has 0 aliphatic carbocycles. The smallest absolute Gasteiger partial charge is 0.290 e. The molecule has 1 aromatic heterocycles. The second-order valence-corrected chi connectivity index (χ2v) is 5.65. The number of Topliss-reactive ketones (excluding diaryl/α,β-unsaturated/α-hetero) is 1. The van der Waals surface area contributed by atoms with Crippen LogP contribution in [-0.4, -0.2) is 26.7 Å². The number of aliphatic hydroxyl groups excluding tert-OH is 1. The van der Waals surface area contributed by atoms with Gasteiger partial charge < -0.3 is 10.0 Å². The van der Waals surface area contributed by atoms with Gasteiger partial charge in [0.25, 0.3) is 5.91 Å². The number of rotatable bonds is 5. The van der Waals surface area contributed by atoms with Crippen molar-refractivity contribution in [2.24, 2.45) is 0 Å². The highest BCUT2D eigenvalue weighted by Crippen LogP contribution is 2.38. The lowest BCUT2D eigenvalue weighted by Crippen LogP contribution is -2.30. The van der Waals surface area contributed by atoms with Crippen LogP contribution in [0.15, 0.2) is 66.2 Å². The van der Waals surface area contributed by atoms with E-state index in [0.717, 1.165) is 11.1 Å². The first-order chi connectivity index (χ1) is 11.6. The lowest BCUT2D eigenvalue weighted by molar-refractivity contribution is -0.130. The molecule has 1 atom stereocenters. The Labute approximate surface area is 140 Å². The van der Waals surface area contributed by atoms with Gasteiger partial charge in [0.05, 0.1) is 11.6 Å². The van der Waals surface area contributed by atoms with Crippen molar-refractivity contribution in [2.75, 3.05) is 0 Å². The molecule has 1 unspecified atom stereocenters. The summed E-state index contributed by atoms with van der Waals surface area (Å²) in [5.41, 5.74) is 1.82. The van der Waals surface area contributed by atoms with Crippen LogP contribution in [0.2, 0.25) is 0 Å². The Morgan fingerprint density at radius 2 is 1.96 bits per heavy atom. The van der Waals surface area contributed by atoms with Gasteiger partial charge in [-0.2, -0.15) is 0 Å². The summed E-state index contributed by atoms with van der Waals surface area (Å²) in [7, 11) is 0. The van der Waals surface area contributed by atoms with Crippen molar-refractivity contribution in [2.45, 2.75) is 25.9 Å². The van der Waals surface area contributed by atoms with Gasteiger partial charge in [-0.25, -0.2) is 0 Å². The molecular weight excluding hydrogens is 304 g/mol. The molecule has 24 heavy (non-hydrogen) atoms. The fourth-order valence-electron chi connectivity index (χ4n) is 2.96. The molecule has 1 aromatic carbocycles. The number of hydrogen-bond acceptors (Lipinski definition) is 4. The van der Waals surface area contributed by atoms with E-state index in [9.17, 15) is 14.7 Å². The molecule has 1 amide bonds. The van der Waals surface area contributed by atoms with E-state index in [0.29, 0.717) is 0 Å². The summed E-state index contributed by atoms with van der Waals surface area (Å²) < 4.78 is 0. The first-order valence-electron chi connectivity index (χ1n) is 7.84. The van der Waals surface area contributed by atoms with Crippen LogP contribution < -0.4 is 0 Å². The van der Waals surface area contributed by atoms with Crippen molar-refractivity contribution in [3.63, 3.8) is 0 Å². The van der Waals surface area contributed by atoms with Crippen molar-refractivity contribution in [3.05, 3.63) is 77.3 Å². The minimum atomic E-state index is -0.577. The molecule has 0 spiro atoms. The summed E-state index contributed by atoms with van der Waals surface area (Å²) in [5.74, 6) is -1.19. The summed E-state index contributed by atoms with van der Waals surface area (Å²) in [4.78, 5) is 30.5. The van der Waals surface area contributed by atoms with Gasteiger partial charge in [-0.1, -0.05) is 43.3 Å². The summed E-state index contributed by atoms with van der Waals surface area (Å²) in [5, 5.41) is 10.3. The normalized spacial score (nSPS) is 17.5. The highest BCUT2D eigenvalue weighted by molar-refractivity contribution is 6.08. The second-order valence-electron chi connectivity index (χ2n) is 5.65. The fourth-order valence-corrected chi connectivity index (χ4v) is 2.96. The van der Waals surface area contributed by atoms with Crippen molar-refractivity contribution in [1.29, 1.82) is 0 Å². The maximum absolute atomic E-state index is 12.6. The Morgan fingerprint density at radius 3 is 2.58 bits per heavy atom. The number of aromatic nitrogens is 1. The number of benzene rings is 1. The van der Waals surface area contributed by atoms with Crippen LogP contribution in [0.5, 0.6) is 0 Å². The molecule has 0 radical (unpaired) electrons. The summed E-state index contributed by atoms with van der Waals surface area (Å²) in [6, 6.07) is 12.4. The molecule has 1 aliphatic rings. The number of carbonyl (C=O) groups excluding carboxylic acids is 2. The number of hydrogen-bond donors (Lipinski definition) is 1. The van der Waals surface area contributed by atoms with Gasteiger partial charge >= 0.3 is 0 Å². The Kier molecular flexibility index (Phi) is 4.42. The van der Waals surface area contributed by atoms with Gasteiger partial charge in [-0.05, 0) is 17.2 Å². The van der Waals surface area contributed by atoms with E-state index < -0.39 is 17.7 Å². The van der Waals surface area contributed by atoms with Crippen LogP contribution in [0.3, 0.4) is 0 Å². The van der Waals surface area contributed by atoms with E-state index in [1.807, 2.05) is 36.4 Å². The standard InChI is InChI=1S/C19H18N2O3/c1-2-15(22)16-17(14-8-4-3-5-9-14)21(19(24)18(16)23)12-13-7-6-10-20-11-13/h3-11,17,23H,2,12H2,1H3. The largest absolute Gasteiger partial charge is 0.503 e. The molecule has 5 heteroatoms. The minimum Gasteiger partial charge on any atom is -0.503 e. The lowest BCUT2D eigenvalue weighted by Gasteiger charge is -2.26.